The lowest BCUT2D eigenvalue weighted by atomic mass is 10.00. The summed E-state index contributed by atoms with van der Waals surface area (Å²) in [5.74, 6) is 0.669. The van der Waals surface area contributed by atoms with E-state index in [0.717, 1.165) is 18.0 Å². The zero-order valence-corrected chi connectivity index (χ0v) is 12.1. The van der Waals surface area contributed by atoms with Gasteiger partial charge >= 0.3 is 0 Å². The van der Waals surface area contributed by atoms with Crippen molar-refractivity contribution in [3.63, 3.8) is 0 Å². The first kappa shape index (κ1) is 12.9. The Kier molecular flexibility index (Phi) is 4.08. The zero-order chi connectivity index (χ0) is 12.4. The maximum absolute atomic E-state index is 6.10. The van der Waals surface area contributed by atoms with E-state index in [1.807, 2.05) is 24.5 Å². The average molecular weight is 268 g/mol. The topological polar surface area (TPSA) is 12.0 Å². The van der Waals surface area contributed by atoms with Crippen molar-refractivity contribution in [2.75, 3.05) is 7.05 Å². The molecule has 1 heterocycles. The van der Waals surface area contributed by atoms with E-state index in [1.54, 1.807) is 0 Å². The zero-order valence-electron chi connectivity index (χ0n) is 10.5. The Bertz CT molecular complexity index is 516. The number of nitrogens with one attached hydrogen (secondary N) is 1. The summed E-state index contributed by atoms with van der Waals surface area (Å²) < 4.78 is 1.34. The summed E-state index contributed by atoms with van der Waals surface area (Å²) in [5, 5.41) is 5.42. The molecule has 0 fully saturated rings. The summed E-state index contributed by atoms with van der Waals surface area (Å²) >= 11 is 7.98. The van der Waals surface area contributed by atoms with Crippen LogP contribution in [0.1, 0.15) is 24.3 Å². The van der Waals surface area contributed by atoms with Gasteiger partial charge in [0.05, 0.1) is 0 Å². The van der Waals surface area contributed by atoms with Crippen molar-refractivity contribution in [3.05, 3.63) is 33.7 Å². The standard InChI is InChI=1S/C14H18ClNS/c1-9(2)6-11-12-7-10(15)4-5-13(12)17-14(11)8-16-3/h4-5,7,9,16H,6,8H2,1-3H3. The number of thiophene rings is 1. The van der Waals surface area contributed by atoms with E-state index in [0.29, 0.717) is 5.92 Å². The third-order valence-corrected chi connectivity index (χ3v) is 4.23. The molecule has 2 aromatic rings. The lowest BCUT2D eigenvalue weighted by molar-refractivity contribution is 0.645. The molecule has 0 saturated heterocycles. The van der Waals surface area contributed by atoms with Crippen molar-refractivity contribution in [2.45, 2.75) is 26.8 Å². The van der Waals surface area contributed by atoms with Crippen LogP contribution in [0.4, 0.5) is 0 Å². The minimum atomic E-state index is 0.669. The second-order valence-electron chi connectivity index (χ2n) is 4.77. The van der Waals surface area contributed by atoms with Gasteiger partial charge in [0.1, 0.15) is 0 Å². The van der Waals surface area contributed by atoms with Crippen molar-refractivity contribution in [1.29, 1.82) is 0 Å². The minimum Gasteiger partial charge on any atom is -0.315 e. The van der Waals surface area contributed by atoms with Crippen LogP contribution in [0.15, 0.2) is 18.2 Å². The van der Waals surface area contributed by atoms with E-state index in [2.05, 4.69) is 31.3 Å². The SMILES string of the molecule is CNCc1sc2ccc(Cl)cc2c1CC(C)C. The third-order valence-electron chi connectivity index (χ3n) is 2.79. The fourth-order valence-electron chi connectivity index (χ4n) is 2.11. The van der Waals surface area contributed by atoms with Crippen LogP contribution >= 0.6 is 22.9 Å². The summed E-state index contributed by atoms with van der Waals surface area (Å²) in [7, 11) is 2.00. The van der Waals surface area contributed by atoms with Gasteiger partial charge in [0.25, 0.3) is 0 Å². The molecule has 0 unspecified atom stereocenters. The number of hydrogen-bond acceptors (Lipinski definition) is 2. The predicted molar refractivity (Wildman–Crippen MR) is 78.1 cm³/mol. The van der Waals surface area contributed by atoms with Gasteiger partial charge in [0, 0.05) is 21.1 Å². The number of hydrogen-bond donors (Lipinski definition) is 1. The number of benzene rings is 1. The highest BCUT2D eigenvalue weighted by Crippen LogP contribution is 2.34. The highest BCUT2D eigenvalue weighted by atomic mass is 35.5. The molecule has 1 nitrogen and oxygen atoms in total. The smallest absolute Gasteiger partial charge is 0.0413 e. The number of halogens is 1. The molecule has 92 valence electrons. The van der Waals surface area contributed by atoms with Gasteiger partial charge in [-0.2, -0.15) is 0 Å². The first-order valence-electron chi connectivity index (χ1n) is 5.96. The quantitative estimate of drug-likeness (QED) is 0.862. The molecule has 1 aromatic carbocycles. The summed E-state index contributed by atoms with van der Waals surface area (Å²) in [6, 6.07) is 6.21. The third kappa shape index (κ3) is 2.82. The first-order chi connectivity index (χ1) is 8.11. The van der Waals surface area contributed by atoms with Crippen molar-refractivity contribution >= 4 is 33.0 Å². The van der Waals surface area contributed by atoms with Gasteiger partial charge in [-0.3, -0.25) is 0 Å². The second-order valence-corrected chi connectivity index (χ2v) is 6.35. The van der Waals surface area contributed by atoms with E-state index in [9.17, 15) is 0 Å². The second kappa shape index (κ2) is 5.38. The van der Waals surface area contributed by atoms with Crippen molar-refractivity contribution in [1.82, 2.24) is 5.32 Å². The molecule has 1 N–H and O–H groups in total. The maximum Gasteiger partial charge on any atom is 0.0413 e. The van der Waals surface area contributed by atoms with E-state index in [-0.39, 0.29) is 0 Å². The molecule has 0 radical (unpaired) electrons. The number of rotatable bonds is 4. The number of fused-ring (bicyclic) bond motifs is 1. The first-order valence-corrected chi connectivity index (χ1v) is 7.15. The summed E-state index contributed by atoms with van der Waals surface area (Å²) in [6.07, 6.45) is 1.12. The molecule has 0 saturated carbocycles. The molecule has 0 aliphatic carbocycles. The van der Waals surface area contributed by atoms with Gasteiger partial charge < -0.3 is 5.32 Å². The molecule has 3 heteroatoms. The predicted octanol–water partition coefficient (Wildman–Crippen LogP) is 4.47. The molecule has 0 amide bonds. The molecular weight excluding hydrogens is 250 g/mol. The van der Waals surface area contributed by atoms with Crippen molar-refractivity contribution in [3.8, 4) is 0 Å². The Balaban J connectivity index is 2.55. The van der Waals surface area contributed by atoms with Gasteiger partial charge in [-0.15, -0.1) is 11.3 Å². The largest absolute Gasteiger partial charge is 0.315 e. The Hall–Kier alpha value is -0.570. The van der Waals surface area contributed by atoms with Crippen LogP contribution < -0.4 is 5.32 Å². The molecule has 0 atom stereocenters. The summed E-state index contributed by atoms with van der Waals surface area (Å²) in [5.41, 5.74) is 1.47. The van der Waals surface area contributed by atoms with Crippen molar-refractivity contribution in [2.24, 2.45) is 5.92 Å². The fraction of sp³-hybridized carbons (Fsp3) is 0.429. The molecule has 17 heavy (non-hydrogen) atoms. The van der Waals surface area contributed by atoms with Gasteiger partial charge in [0.15, 0.2) is 0 Å². The van der Waals surface area contributed by atoms with E-state index >= 15 is 0 Å². The Morgan fingerprint density at radius 3 is 2.76 bits per heavy atom. The molecule has 2 rings (SSSR count). The molecular formula is C14H18ClNS. The minimum absolute atomic E-state index is 0.669. The lowest BCUT2D eigenvalue weighted by Crippen LogP contribution is -2.06. The Morgan fingerprint density at radius 2 is 2.12 bits per heavy atom. The molecule has 1 aromatic heterocycles. The van der Waals surface area contributed by atoms with Crippen LogP contribution in [0.3, 0.4) is 0 Å². The van der Waals surface area contributed by atoms with Crippen LogP contribution in [0, 0.1) is 5.92 Å². The van der Waals surface area contributed by atoms with Crippen LogP contribution in [0.2, 0.25) is 5.02 Å². The monoisotopic (exact) mass is 267 g/mol. The normalized spacial score (nSPS) is 11.6. The van der Waals surface area contributed by atoms with Crippen molar-refractivity contribution < 1.29 is 0 Å². The highest BCUT2D eigenvalue weighted by molar-refractivity contribution is 7.19. The van der Waals surface area contributed by atoms with Crippen LogP contribution in [-0.4, -0.2) is 7.05 Å². The Labute approximate surface area is 112 Å². The lowest BCUT2D eigenvalue weighted by Gasteiger charge is -2.07. The highest BCUT2D eigenvalue weighted by Gasteiger charge is 2.13. The van der Waals surface area contributed by atoms with Crippen LogP contribution in [0.25, 0.3) is 10.1 Å². The summed E-state index contributed by atoms with van der Waals surface area (Å²) in [4.78, 5) is 1.44. The molecule has 0 aliphatic heterocycles. The van der Waals surface area contributed by atoms with E-state index in [4.69, 9.17) is 11.6 Å². The Morgan fingerprint density at radius 1 is 1.35 bits per heavy atom. The van der Waals surface area contributed by atoms with Crippen LogP contribution in [0.5, 0.6) is 0 Å². The van der Waals surface area contributed by atoms with Gasteiger partial charge in [-0.25, -0.2) is 0 Å². The van der Waals surface area contributed by atoms with Gasteiger partial charge in [-0.05, 0) is 48.5 Å². The molecule has 0 aliphatic rings. The van der Waals surface area contributed by atoms with Gasteiger partial charge in [0.2, 0.25) is 0 Å². The maximum atomic E-state index is 6.10. The van der Waals surface area contributed by atoms with Crippen LogP contribution in [-0.2, 0) is 13.0 Å². The summed E-state index contributed by atoms with van der Waals surface area (Å²) in [6.45, 7) is 5.47. The van der Waals surface area contributed by atoms with E-state index < -0.39 is 0 Å². The molecule has 0 bridgehead atoms. The molecule has 0 spiro atoms. The van der Waals surface area contributed by atoms with Gasteiger partial charge in [-0.1, -0.05) is 25.4 Å². The fourth-order valence-corrected chi connectivity index (χ4v) is 3.51. The average Bonchev–Trinajstić information content (AvgIpc) is 2.57. The van der Waals surface area contributed by atoms with E-state index in [1.165, 1.54) is 20.5 Å².